The maximum atomic E-state index is 13.1. The third-order valence-electron chi connectivity index (χ3n) is 2.56. The van der Waals surface area contributed by atoms with Crippen LogP contribution in [0.4, 0.5) is 17.6 Å². The van der Waals surface area contributed by atoms with Crippen LogP contribution in [0.2, 0.25) is 0 Å². The average molecular weight is 328 g/mol. The van der Waals surface area contributed by atoms with E-state index in [0.29, 0.717) is 11.0 Å². The zero-order valence-electron chi connectivity index (χ0n) is 10.8. The molecule has 0 unspecified atom stereocenters. The maximum absolute atomic E-state index is 13.1. The second-order valence-corrected chi connectivity index (χ2v) is 5.81. The molecule has 0 aromatic heterocycles. The summed E-state index contributed by atoms with van der Waals surface area (Å²) < 4.78 is 72.1. The van der Waals surface area contributed by atoms with Crippen LogP contribution in [0.25, 0.3) is 0 Å². The van der Waals surface area contributed by atoms with Gasteiger partial charge in [0.2, 0.25) is 10.0 Å². The lowest BCUT2D eigenvalue weighted by atomic mass is 10.2. The van der Waals surface area contributed by atoms with Gasteiger partial charge in [-0.3, -0.25) is 4.79 Å². The highest BCUT2D eigenvalue weighted by molar-refractivity contribution is 7.89. The van der Waals surface area contributed by atoms with Crippen LogP contribution in [-0.2, 0) is 10.0 Å². The third-order valence-corrected chi connectivity index (χ3v) is 3.52. The van der Waals surface area contributed by atoms with E-state index in [1.54, 1.807) is 0 Å². The van der Waals surface area contributed by atoms with Crippen LogP contribution in [0.5, 0.6) is 0 Å². The van der Waals surface area contributed by atoms with E-state index in [4.69, 9.17) is 5.14 Å². The summed E-state index contributed by atoms with van der Waals surface area (Å²) in [6, 6.07) is 2.19. The Morgan fingerprint density at radius 3 is 2.38 bits per heavy atom. The molecule has 0 aliphatic heterocycles. The van der Waals surface area contributed by atoms with Crippen LogP contribution >= 0.6 is 0 Å². The fraction of sp³-hybridized carbons (Fsp3) is 0.364. The zero-order chi connectivity index (χ0) is 16.4. The number of nitrogens with two attached hydrogens (primary N) is 1. The van der Waals surface area contributed by atoms with Crippen LogP contribution in [0, 0.1) is 5.82 Å². The fourth-order valence-corrected chi connectivity index (χ4v) is 2.23. The Hall–Kier alpha value is -1.68. The summed E-state index contributed by atoms with van der Waals surface area (Å²) in [6.45, 7) is -0.692. The van der Waals surface area contributed by atoms with Crippen molar-refractivity contribution in [1.29, 1.82) is 0 Å². The van der Waals surface area contributed by atoms with Gasteiger partial charge in [0.15, 0.2) is 0 Å². The number of carbonyl (C=O) groups is 1. The molecule has 0 heterocycles. The highest BCUT2D eigenvalue weighted by Crippen LogP contribution is 2.21. The molecule has 0 bridgehead atoms. The van der Waals surface area contributed by atoms with Gasteiger partial charge in [0.25, 0.3) is 5.91 Å². The molecule has 2 N–H and O–H groups in total. The molecular weight excluding hydrogens is 316 g/mol. The van der Waals surface area contributed by atoms with Crippen molar-refractivity contribution < 1.29 is 30.8 Å². The number of sulfonamides is 1. The van der Waals surface area contributed by atoms with Crippen molar-refractivity contribution in [3.05, 3.63) is 29.6 Å². The Kier molecular flexibility index (Phi) is 4.95. The SMILES string of the molecule is CN(CCC(F)(F)F)C(=O)c1cc(F)ccc1S(N)(=O)=O. The first-order valence-corrected chi connectivity index (χ1v) is 7.11. The number of hydrogen-bond donors (Lipinski definition) is 1. The zero-order valence-corrected chi connectivity index (χ0v) is 11.6. The summed E-state index contributed by atoms with van der Waals surface area (Å²) in [5.74, 6) is -1.97. The summed E-state index contributed by atoms with van der Waals surface area (Å²) in [7, 11) is -3.26. The molecule has 1 rings (SSSR count). The molecule has 0 saturated carbocycles. The van der Waals surface area contributed by atoms with Crippen LogP contribution in [-0.4, -0.2) is 39.0 Å². The normalized spacial score (nSPS) is 12.3. The van der Waals surface area contributed by atoms with Crippen molar-refractivity contribution in [3.8, 4) is 0 Å². The van der Waals surface area contributed by atoms with Gasteiger partial charge in [-0.1, -0.05) is 0 Å². The molecule has 0 spiro atoms. The predicted molar refractivity (Wildman–Crippen MR) is 65.4 cm³/mol. The van der Waals surface area contributed by atoms with Gasteiger partial charge in [-0.2, -0.15) is 13.2 Å². The van der Waals surface area contributed by atoms with Gasteiger partial charge in [0.1, 0.15) is 5.82 Å². The molecule has 0 aliphatic carbocycles. The Morgan fingerprint density at radius 1 is 1.33 bits per heavy atom. The minimum Gasteiger partial charge on any atom is -0.341 e. The molecule has 1 aromatic rings. The molecule has 21 heavy (non-hydrogen) atoms. The van der Waals surface area contributed by atoms with Gasteiger partial charge in [-0.25, -0.2) is 17.9 Å². The summed E-state index contributed by atoms with van der Waals surface area (Å²) in [5.41, 5.74) is -0.609. The molecule has 1 aromatic carbocycles. The van der Waals surface area contributed by atoms with Crippen molar-refractivity contribution in [2.45, 2.75) is 17.5 Å². The van der Waals surface area contributed by atoms with E-state index >= 15 is 0 Å². The van der Waals surface area contributed by atoms with E-state index in [1.165, 1.54) is 0 Å². The van der Waals surface area contributed by atoms with Gasteiger partial charge < -0.3 is 4.90 Å². The van der Waals surface area contributed by atoms with Crippen molar-refractivity contribution >= 4 is 15.9 Å². The monoisotopic (exact) mass is 328 g/mol. The standard InChI is InChI=1S/C11H12F4N2O3S/c1-17(5-4-11(13,14)15)10(18)8-6-7(12)2-3-9(8)21(16,19)20/h2-3,6H,4-5H2,1H3,(H2,16,19,20). The average Bonchev–Trinajstić information content (AvgIpc) is 2.32. The van der Waals surface area contributed by atoms with E-state index in [-0.39, 0.29) is 0 Å². The van der Waals surface area contributed by atoms with E-state index in [0.717, 1.165) is 19.2 Å². The lowest BCUT2D eigenvalue weighted by Crippen LogP contribution is -2.32. The van der Waals surface area contributed by atoms with E-state index < -0.39 is 51.3 Å². The van der Waals surface area contributed by atoms with Gasteiger partial charge in [0, 0.05) is 13.6 Å². The van der Waals surface area contributed by atoms with E-state index in [9.17, 15) is 30.8 Å². The first-order valence-electron chi connectivity index (χ1n) is 5.56. The minimum absolute atomic E-state index is 0.609. The largest absolute Gasteiger partial charge is 0.390 e. The number of benzene rings is 1. The number of rotatable bonds is 4. The molecular formula is C11H12F4N2O3S. The molecule has 0 saturated heterocycles. The van der Waals surface area contributed by atoms with Crippen LogP contribution in [0.15, 0.2) is 23.1 Å². The number of amides is 1. The molecule has 1 amide bonds. The summed E-state index contributed by atoms with van der Waals surface area (Å²) >= 11 is 0. The highest BCUT2D eigenvalue weighted by Gasteiger charge is 2.29. The first kappa shape index (κ1) is 17.4. The second-order valence-electron chi connectivity index (χ2n) is 4.28. The number of nitrogens with zero attached hydrogens (tertiary/aromatic N) is 1. The van der Waals surface area contributed by atoms with Crippen LogP contribution < -0.4 is 5.14 Å². The topological polar surface area (TPSA) is 80.5 Å². The van der Waals surface area contributed by atoms with Gasteiger partial charge in [-0.15, -0.1) is 0 Å². The predicted octanol–water partition coefficient (Wildman–Crippen LogP) is 1.50. The van der Waals surface area contributed by atoms with E-state index in [1.807, 2.05) is 0 Å². The van der Waals surface area contributed by atoms with Gasteiger partial charge >= 0.3 is 6.18 Å². The summed E-state index contributed by atoms with van der Waals surface area (Å²) in [6.07, 6.45) is -5.74. The Bertz CT molecular complexity index is 643. The van der Waals surface area contributed by atoms with Crippen molar-refractivity contribution in [3.63, 3.8) is 0 Å². The summed E-state index contributed by atoms with van der Waals surface area (Å²) in [4.78, 5) is 12.0. The second kappa shape index (κ2) is 5.98. The Balaban J connectivity index is 3.10. The fourth-order valence-electron chi connectivity index (χ4n) is 1.52. The third kappa shape index (κ3) is 4.97. The first-order chi connectivity index (χ1) is 9.42. The smallest absolute Gasteiger partial charge is 0.341 e. The van der Waals surface area contributed by atoms with Gasteiger partial charge in [0.05, 0.1) is 16.9 Å². The Labute approximate surface area is 118 Å². The maximum Gasteiger partial charge on any atom is 0.390 e. The number of halogens is 4. The van der Waals surface area contributed by atoms with Gasteiger partial charge in [-0.05, 0) is 18.2 Å². The number of hydrogen-bond acceptors (Lipinski definition) is 3. The van der Waals surface area contributed by atoms with Crippen LogP contribution in [0.1, 0.15) is 16.8 Å². The van der Waals surface area contributed by atoms with Crippen LogP contribution in [0.3, 0.4) is 0 Å². The molecule has 0 atom stereocenters. The van der Waals surface area contributed by atoms with Crippen molar-refractivity contribution in [1.82, 2.24) is 4.90 Å². The minimum atomic E-state index is -4.47. The molecule has 118 valence electrons. The van der Waals surface area contributed by atoms with Crippen molar-refractivity contribution in [2.24, 2.45) is 5.14 Å². The summed E-state index contributed by atoms with van der Waals surface area (Å²) in [5, 5.41) is 4.89. The number of carbonyl (C=O) groups excluding carboxylic acids is 1. The highest BCUT2D eigenvalue weighted by atomic mass is 32.2. The molecule has 10 heteroatoms. The number of alkyl halides is 3. The molecule has 5 nitrogen and oxygen atoms in total. The lowest BCUT2D eigenvalue weighted by Gasteiger charge is -2.19. The molecule has 0 aliphatic rings. The van der Waals surface area contributed by atoms with Crippen molar-refractivity contribution in [2.75, 3.05) is 13.6 Å². The van der Waals surface area contributed by atoms with E-state index in [2.05, 4.69) is 0 Å². The quantitative estimate of drug-likeness (QED) is 0.851. The Morgan fingerprint density at radius 2 is 1.90 bits per heavy atom. The number of primary sulfonamides is 1. The molecule has 0 fully saturated rings. The molecule has 0 radical (unpaired) electrons. The lowest BCUT2D eigenvalue weighted by molar-refractivity contribution is -0.136.